The van der Waals surface area contributed by atoms with Gasteiger partial charge in [0.25, 0.3) is 0 Å². The minimum absolute atomic E-state index is 0. The van der Waals surface area contributed by atoms with Crippen LogP contribution >= 0.6 is 0 Å². The van der Waals surface area contributed by atoms with Crippen LogP contribution in [0, 0.1) is 38.2 Å². The van der Waals surface area contributed by atoms with Crippen LogP contribution < -0.4 is 0 Å². The second-order valence-corrected chi connectivity index (χ2v) is 5.49. The standard InChI is InChI=1S/C17H17N.Dy/c1-18-10-9-12-6-4-8-15-14-7-3-2-5-13(14)11-16(18)17(12)15;/h2-8,16H,9-11H2,1H3;. The maximum absolute atomic E-state index is 2.52. The van der Waals surface area contributed by atoms with E-state index in [1.54, 1.807) is 11.1 Å². The first-order valence-corrected chi connectivity index (χ1v) is 6.75. The zero-order valence-corrected chi connectivity index (χ0v) is 13.0. The van der Waals surface area contributed by atoms with Crippen molar-refractivity contribution in [3.63, 3.8) is 0 Å². The fourth-order valence-electron chi connectivity index (χ4n) is 3.56. The van der Waals surface area contributed by atoms with E-state index in [-0.39, 0.29) is 38.2 Å². The topological polar surface area (TPSA) is 3.24 Å². The van der Waals surface area contributed by atoms with E-state index in [2.05, 4.69) is 54.4 Å². The molecule has 1 nitrogen and oxygen atoms in total. The Kier molecular flexibility index (Phi) is 3.75. The molecule has 1 atom stereocenters. The van der Waals surface area contributed by atoms with Gasteiger partial charge in [-0.3, -0.25) is 4.90 Å². The van der Waals surface area contributed by atoms with Gasteiger partial charge in [0, 0.05) is 50.8 Å². The molecule has 0 saturated carbocycles. The van der Waals surface area contributed by atoms with Crippen LogP contribution in [0.25, 0.3) is 11.1 Å². The molecule has 2 aromatic carbocycles. The molecule has 1 aliphatic carbocycles. The van der Waals surface area contributed by atoms with Crippen LogP contribution in [0.3, 0.4) is 0 Å². The summed E-state index contributed by atoms with van der Waals surface area (Å²) in [6.07, 6.45) is 2.36. The summed E-state index contributed by atoms with van der Waals surface area (Å²) in [4.78, 5) is 2.52. The molecule has 0 saturated heterocycles. The largest absolute Gasteiger partial charge is 0.299 e. The summed E-state index contributed by atoms with van der Waals surface area (Å²) in [7, 11) is 2.26. The molecule has 19 heavy (non-hydrogen) atoms. The van der Waals surface area contributed by atoms with Crippen molar-refractivity contribution in [3.05, 3.63) is 59.2 Å². The van der Waals surface area contributed by atoms with Crippen LogP contribution in [-0.4, -0.2) is 18.5 Å². The second kappa shape index (κ2) is 5.22. The Morgan fingerprint density at radius 1 is 0.947 bits per heavy atom. The van der Waals surface area contributed by atoms with Gasteiger partial charge in [-0.1, -0.05) is 42.5 Å². The number of rotatable bonds is 0. The summed E-state index contributed by atoms with van der Waals surface area (Å²) in [5.74, 6) is 0. The average Bonchev–Trinajstić information content (AvgIpc) is 2.43. The van der Waals surface area contributed by atoms with Crippen molar-refractivity contribution < 1.29 is 38.2 Å². The number of likely N-dealkylation sites (N-methyl/N-ethyl adjacent to an activating group) is 1. The molecule has 0 aromatic heterocycles. The molecule has 0 bridgehead atoms. The van der Waals surface area contributed by atoms with Gasteiger partial charge in [-0.2, -0.15) is 0 Å². The number of fused-ring (bicyclic) bond motifs is 2. The molecule has 0 spiro atoms. The predicted octanol–water partition coefficient (Wildman–Crippen LogP) is 3.44. The normalized spacial score (nSPS) is 20.2. The number of hydrogen-bond donors (Lipinski definition) is 0. The average molecular weight is 398 g/mol. The number of hydrogen-bond acceptors (Lipinski definition) is 1. The van der Waals surface area contributed by atoms with Crippen molar-refractivity contribution in [2.75, 3.05) is 13.6 Å². The predicted molar refractivity (Wildman–Crippen MR) is 74.7 cm³/mol. The van der Waals surface area contributed by atoms with Crippen molar-refractivity contribution in [1.29, 1.82) is 0 Å². The molecule has 0 fully saturated rings. The zero-order chi connectivity index (χ0) is 12.1. The Bertz CT molecular complexity index is 620. The minimum atomic E-state index is 0. The van der Waals surface area contributed by atoms with Gasteiger partial charge in [-0.15, -0.1) is 0 Å². The summed E-state index contributed by atoms with van der Waals surface area (Å²) >= 11 is 0. The van der Waals surface area contributed by atoms with Gasteiger partial charge in [0.1, 0.15) is 0 Å². The molecule has 2 aromatic rings. The van der Waals surface area contributed by atoms with Crippen molar-refractivity contribution in [3.8, 4) is 11.1 Å². The van der Waals surface area contributed by atoms with E-state index in [1.807, 2.05) is 0 Å². The van der Waals surface area contributed by atoms with Crippen LogP contribution in [0.1, 0.15) is 22.7 Å². The van der Waals surface area contributed by atoms with E-state index in [1.165, 1.54) is 29.7 Å². The van der Waals surface area contributed by atoms with Gasteiger partial charge in [-0.25, -0.2) is 0 Å². The van der Waals surface area contributed by atoms with Crippen molar-refractivity contribution in [1.82, 2.24) is 4.90 Å². The van der Waals surface area contributed by atoms with E-state index in [9.17, 15) is 0 Å². The van der Waals surface area contributed by atoms with Gasteiger partial charge in [0.15, 0.2) is 0 Å². The Balaban J connectivity index is 0.00000110. The van der Waals surface area contributed by atoms with Gasteiger partial charge >= 0.3 is 0 Å². The van der Waals surface area contributed by atoms with Crippen LogP contribution in [0.15, 0.2) is 42.5 Å². The second-order valence-electron chi connectivity index (χ2n) is 5.49. The monoisotopic (exact) mass is 399 g/mol. The van der Waals surface area contributed by atoms with E-state index in [0.29, 0.717) is 6.04 Å². The summed E-state index contributed by atoms with van der Waals surface area (Å²) in [5.41, 5.74) is 7.56. The zero-order valence-electron chi connectivity index (χ0n) is 11.0. The summed E-state index contributed by atoms with van der Waals surface area (Å²) in [5, 5.41) is 0. The van der Waals surface area contributed by atoms with Gasteiger partial charge in [-0.05, 0) is 47.7 Å². The smallest absolute Gasteiger partial charge is 0.0394 e. The molecule has 1 aliphatic heterocycles. The molecule has 0 radical (unpaired) electrons. The summed E-state index contributed by atoms with van der Waals surface area (Å²) in [6, 6.07) is 16.3. The molecule has 2 aliphatic rings. The van der Waals surface area contributed by atoms with Gasteiger partial charge in [0.2, 0.25) is 0 Å². The molecule has 1 unspecified atom stereocenters. The van der Waals surface area contributed by atoms with Crippen LogP contribution in [-0.2, 0) is 12.8 Å². The molecule has 100 valence electrons. The van der Waals surface area contributed by atoms with E-state index in [0.717, 1.165) is 6.42 Å². The van der Waals surface area contributed by atoms with E-state index >= 15 is 0 Å². The number of nitrogens with zero attached hydrogens (tertiary/aromatic N) is 1. The third kappa shape index (κ3) is 2.08. The number of benzene rings is 2. The molecule has 4 rings (SSSR count). The Labute approximate surface area is 145 Å². The molecular weight excluding hydrogens is 381 g/mol. The Morgan fingerprint density at radius 3 is 2.58 bits per heavy atom. The van der Waals surface area contributed by atoms with E-state index < -0.39 is 0 Å². The van der Waals surface area contributed by atoms with E-state index in [4.69, 9.17) is 0 Å². The van der Waals surface area contributed by atoms with Crippen LogP contribution in [0.4, 0.5) is 0 Å². The first kappa shape index (κ1) is 13.6. The fraction of sp³-hybridized carbons (Fsp3) is 0.294. The van der Waals surface area contributed by atoms with Crippen LogP contribution in [0.2, 0.25) is 0 Å². The molecular formula is C17H17DyN. The molecule has 2 heteroatoms. The van der Waals surface area contributed by atoms with Crippen molar-refractivity contribution in [2.45, 2.75) is 18.9 Å². The Morgan fingerprint density at radius 2 is 1.68 bits per heavy atom. The van der Waals surface area contributed by atoms with Gasteiger partial charge in [0.05, 0.1) is 0 Å². The third-order valence-corrected chi connectivity index (χ3v) is 4.52. The molecule has 0 N–H and O–H groups in total. The molecule has 1 heterocycles. The van der Waals surface area contributed by atoms with Crippen molar-refractivity contribution in [2.24, 2.45) is 0 Å². The fourth-order valence-corrected chi connectivity index (χ4v) is 3.56. The Hall–Kier alpha value is -0.327. The van der Waals surface area contributed by atoms with Gasteiger partial charge < -0.3 is 0 Å². The summed E-state index contributed by atoms with van der Waals surface area (Å²) in [6.45, 7) is 1.18. The SMILES string of the molecule is CN1CCc2cccc3c2C1Cc1ccccc1-3.[Dy]. The third-order valence-electron chi connectivity index (χ3n) is 4.52. The molecule has 0 amide bonds. The quantitative estimate of drug-likeness (QED) is 0.658. The minimum Gasteiger partial charge on any atom is -0.299 e. The summed E-state index contributed by atoms with van der Waals surface area (Å²) < 4.78 is 0. The van der Waals surface area contributed by atoms with Crippen LogP contribution in [0.5, 0.6) is 0 Å². The maximum Gasteiger partial charge on any atom is 0.0394 e. The first-order chi connectivity index (χ1) is 8.84. The van der Waals surface area contributed by atoms with Crippen molar-refractivity contribution >= 4 is 0 Å². The maximum atomic E-state index is 2.52. The first-order valence-electron chi connectivity index (χ1n) is 6.75.